The predicted molar refractivity (Wildman–Crippen MR) is 72.0 cm³/mol. The monoisotopic (exact) mass is 378 g/mol. The van der Waals surface area contributed by atoms with Crippen molar-refractivity contribution >= 4 is 22.8 Å². The molecule has 3 aromatic heterocycles. The van der Waals surface area contributed by atoms with Crippen LogP contribution in [0.1, 0.15) is 6.23 Å². The molecule has 4 heterocycles. The molecule has 0 saturated carbocycles. The van der Waals surface area contributed by atoms with Crippen LogP contribution in [0.15, 0.2) is 18.7 Å². The van der Waals surface area contributed by atoms with E-state index < -0.39 is 18.4 Å². The van der Waals surface area contributed by atoms with Crippen LogP contribution >= 0.6 is 0 Å². The van der Waals surface area contributed by atoms with Crippen molar-refractivity contribution in [3.63, 3.8) is 0 Å². The van der Waals surface area contributed by atoms with E-state index >= 15 is 0 Å². The number of nitrogens with two attached hydrogens (primary N) is 1. The molecule has 0 bridgehead atoms. The smallest absolute Gasteiger partial charge is 0.237 e. The number of aromatic nitrogens is 5. The fraction of sp³-hybridized carbons (Fsp3) is 0.333. The van der Waals surface area contributed by atoms with E-state index in [2.05, 4.69) is 15.0 Å². The second-order valence-corrected chi connectivity index (χ2v) is 4.85. The number of nitrogens with zero attached hydrogens (tertiary/aromatic N) is 5. The SMILES string of the molecule is Nc1c2ncn(C3[CH-]C(O)C(CO)O3)c2nc2nccn12.[Y]. The molecule has 3 atom stereocenters. The van der Waals surface area contributed by atoms with Crippen LogP contribution < -0.4 is 5.73 Å². The van der Waals surface area contributed by atoms with Crippen molar-refractivity contribution in [1.29, 1.82) is 0 Å². The van der Waals surface area contributed by atoms with E-state index in [1.807, 2.05) is 0 Å². The second-order valence-electron chi connectivity index (χ2n) is 4.85. The number of aliphatic hydroxyl groups is 2. The summed E-state index contributed by atoms with van der Waals surface area (Å²) in [7, 11) is 0. The van der Waals surface area contributed by atoms with E-state index in [4.69, 9.17) is 15.6 Å². The number of aliphatic hydroxyl groups excluding tert-OH is 2. The molecule has 3 aromatic rings. The van der Waals surface area contributed by atoms with Crippen LogP contribution in [0, 0.1) is 6.42 Å². The Bertz CT molecular complexity index is 818. The van der Waals surface area contributed by atoms with Gasteiger partial charge >= 0.3 is 0 Å². The van der Waals surface area contributed by atoms with Crippen LogP contribution in [0.25, 0.3) is 16.9 Å². The van der Waals surface area contributed by atoms with Crippen molar-refractivity contribution in [1.82, 2.24) is 23.9 Å². The Kier molecular flexibility index (Phi) is 4.17. The van der Waals surface area contributed by atoms with Gasteiger partial charge in [0.25, 0.3) is 0 Å². The third-order valence-corrected chi connectivity index (χ3v) is 3.61. The fourth-order valence-corrected chi connectivity index (χ4v) is 2.51. The van der Waals surface area contributed by atoms with E-state index in [-0.39, 0.29) is 39.3 Å². The molecule has 0 amide bonds. The van der Waals surface area contributed by atoms with Crippen molar-refractivity contribution in [2.75, 3.05) is 12.3 Å². The van der Waals surface area contributed by atoms with Gasteiger partial charge in [0, 0.05) is 51.3 Å². The number of hydrogen-bond donors (Lipinski definition) is 3. The van der Waals surface area contributed by atoms with Gasteiger partial charge in [-0.15, -0.1) is 0 Å². The Morgan fingerprint density at radius 3 is 2.95 bits per heavy atom. The summed E-state index contributed by atoms with van der Waals surface area (Å²) in [6.07, 6.45) is 4.37. The molecule has 0 aliphatic carbocycles. The molecule has 1 radical (unpaired) electrons. The van der Waals surface area contributed by atoms with Gasteiger partial charge in [-0.25, -0.2) is 16.4 Å². The molecule has 113 valence electrons. The maximum Gasteiger partial charge on any atom is 0.237 e. The average Bonchev–Trinajstić information content (AvgIpc) is 3.16. The van der Waals surface area contributed by atoms with Crippen molar-refractivity contribution in [3.8, 4) is 0 Å². The van der Waals surface area contributed by atoms with E-state index in [9.17, 15) is 5.11 Å². The molecule has 1 aliphatic heterocycles. The molecule has 10 heteroatoms. The fourth-order valence-electron chi connectivity index (χ4n) is 2.51. The zero-order valence-electron chi connectivity index (χ0n) is 11.4. The number of hydrogen-bond acceptors (Lipinski definition) is 7. The Hall–Kier alpha value is -1.13. The van der Waals surface area contributed by atoms with Gasteiger partial charge in [-0.2, -0.15) is 4.98 Å². The molecular weight excluding hydrogens is 365 g/mol. The van der Waals surface area contributed by atoms with Crippen LogP contribution in [-0.2, 0) is 37.4 Å². The first-order chi connectivity index (χ1) is 10.2. The summed E-state index contributed by atoms with van der Waals surface area (Å²) in [5, 5.41) is 18.9. The summed E-state index contributed by atoms with van der Waals surface area (Å²) in [6.45, 7) is -0.263. The van der Waals surface area contributed by atoms with Crippen molar-refractivity contribution in [2.45, 2.75) is 18.4 Å². The summed E-state index contributed by atoms with van der Waals surface area (Å²) in [4.78, 5) is 12.8. The first-order valence-electron chi connectivity index (χ1n) is 6.43. The molecule has 22 heavy (non-hydrogen) atoms. The molecule has 0 aromatic carbocycles. The Morgan fingerprint density at radius 2 is 2.23 bits per heavy atom. The van der Waals surface area contributed by atoms with E-state index in [1.165, 1.54) is 0 Å². The number of ether oxygens (including phenoxy) is 1. The molecular formula is C12H13N6O3Y-. The number of rotatable bonds is 2. The van der Waals surface area contributed by atoms with Crippen LogP contribution in [0.3, 0.4) is 0 Å². The number of fused-ring (bicyclic) bond motifs is 2. The minimum atomic E-state index is -0.843. The average molecular weight is 378 g/mol. The number of anilines is 1. The Labute approximate surface area is 150 Å². The predicted octanol–water partition coefficient (Wildman–Crippen LogP) is -0.886. The molecule has 4 N–H and O–H groups in total. The Balaban J connectivity index is 0.00000144. The van der Waals surface area contributed by atoms with E-state index in [0.717, 1.165) is 0 Å². The third kappa shape index (κ3) is 2.24. The van der Waals surface area contributed by atoms with E-state index in [1.54, 1.807) is 34.1 Å². The molecule has 1 fully saturated rings. The quantitative estimate of drug-likeness (QED) is 0.495. The summed E-state index contributed by atoms with van der Waals surface area (Å²) in [5.41, 5.74) is 7.10. The van der Waals surface area contributed by atoms with Gasteiger partial charge in [0.05, 0.1) is 19.0 Å². The van der Waals surface area contributed by atoms with Gasteiger partial charge in [0.2, 0.25) is 5.78 Å². The Morgan fingerprint density at radius 1 is 1.41 bits per heavy atom. The van der Waals surface area contributed by atoms with Gasteiger partial charge in [-0.3, -0.25) is 4.40 Å². The van der Waals surface area contributed by atoms with Gasteiger partial charge < -0.3 is 25.3 Å². The summed E-state index contributed by atoms with van der Waals surface area (Å²) < 4.78 is 8.86. The largest absolute Gasteiger partial charge is 0.422 e. The molecule has 1 saturated heterocycles. The standard InChI is InChI=1S/C12H13N6O3.Y/c13-10-9-11(16-12-14-1-2-17(10)12)18(5-15-9)8-3-6(20)7(4-19)21-8;/h1-3,5-8,19-20H,4,13H2;/q-1;. The van der Waals surface area contributed by atoms with E-state index in [0.29, 0.717) is 22.8 Å². The van der Waals surface area contributed by atoms with Crippen LogP contribution in [0.2, 0.25) is 0 Å². The third-order valence-electron chi connectivity index (χ3n) is 3.61. The van der Waals surface area contributed by atoms with Crippen molar-refractivity contribution in [3.05, 3.63) is 25.1 Å². The summed E-state index contributed by atoms with van der Waals surface area (Å²) in [6, 6.07) is 0. The second kappa shape index (κ2) is 5.82. The normalized spacial score (nSPS) is 24.9. The molecule has 4 rings (SSSR count). The molecule has 1 aliphatic rings. The van der Waals surface area contributed by atoms with Gasteiger partial charge in [0.15, 0.2) is 5.65 Å². The molecule has 0 spiro atoms. The first kappa shape index (κ1) is 15.8. The maximum atomic E-state index is 9.79. The topological polar surface area (TPSA) is 124 Å². The van der Waals surface area contributed by atoms with Crippen LogP contribution in [-0.4, -0.2) is 52.9 Å². The summed E-state index contributed by atoms with van der Waals surface area (Å²) >= 11 is 0. The van der Waals surface area contributed by atoms with Crippen LogP contribution in [0.4, 0.5) is 5.82 Å². The zero-order chi connectivity index (χ0) is 14.6. The minimum Gasteiger partial charge on any atom is -0.422 e. The first-order valence-corrected chi connectivity index (χ1v) is 6.43. The van der Waals surface area contributed by atoms with Crippen LogP contribution in [0.5, 0.6) is 0 Å². The zero-order valence-corrected chi connectivity index (χ0v) is 14.3. The number of imidazole rings is 2. The van der Waals surface area contributed by atoms with Crippen molar-refractivity contribution in [2.24, 2.45) is 0 Å². The molecule has 3 unspecified atom stereocenters. The number of nitrogen functional groups attached to an aromatic ring is 1. The van der Waals surface area contributed by atoms with Gasteiger partial charge in [-0.1, -0.05) is 0 Å². The summed E-state index contributed by atoms with van der Waals surface area (Å²) in [5.74, 6) is 0.891. The minimum absolute atomic E-state index is 0. The van der Waals surface area contributed by atoms with Gasteiger partial charge in [-0.05, 0) is 6.10 Å². The molecule has 9 nitrogen and oxygen atoms in total. The maximum absolute atomic E-state index is 9.79. The van der Waals surface area contributed by atoms with Gasteiger partial charge in [0.1, 0.15) is 11.3 Å². The van der Waals surface area contributed by atoms with Crippen molar-refractivity contribution < 1.29 is 47.7 Å².